The fourth-order valence-corrected chi connectivity index (χ4v) is 2.30. The van der Waals surface area contributed by atoms with Crippen LogP contribution in [0.15, 0.2) is 58.7 Å². The molecule has 0 radical (unpaired) electrons. The average Bonchev–Trinajstić information content (AvgIpc) is 2.78. The predicted octanol–water partition coefficient (Wildman–Crippen LogP) is 1.43. The van der Waals surface area contributed by atoms with Crippen LogP contribution in [0.1, 0.15) is 0 Å². The van der Waals surface area contributed by atoms with Crippen LogP contribution in [-0.2, 0) is 9.59 Å². The van der Waals surface area contributed by atoms with Crippen LogP contribution in [0.4, 0.5) is 11.4 Å². The number of hydrazone groups is 2. The highest BCUT2D eigenvalue weighted by atomic mass is 16.5. The number of nitrogens with zero attached hydrogens (tertiary/aromatic N) is 2. The second-order valence-electron chi connectivity index (χ2n) is 5.73. The lowest BCUT2D eigenvalue weighted by molar-refractivity contribution is -0.120. The minimum atomic E-state index is -0.351. The molecule has 10 nitrogen and oxygen atoms in total. The molecule has 0 fully saturated rings. The van der Waals surface area contributed by atoms with E-state index in [9.17, 15) is 9.59 Å². The van der Waals surface area contributed by atoms with Gasteiger partial charge in [0, 0.05) is 0 Å². The number of methoxy groups -OCH3 is 2. The van der Waals surface area contributed by atoms with Gasteiger partial charge >= 0.3 is 0 Å². The standard InChI is InChI=1S/C20H24N6O4/c1-29-17-9-5-3-7-15(17)21-13-19(27)25-23-11-12-24-26-20(28)14-22-16-8-4-6-10-18(16)30-2/h3-12,21-22H,13-14H2,1-2H3,(H,25,27)(H,26,28)/b23-11-,24-12+. The molecule has 0 aromatic heterocycles. The van der Waals surface area contributed by atoms with Crippen LogP contribution in [0.5, 0.6) is 11.5 Å². The highest BCUT2D eigenvalue weighted by Gasteiger charge is 2.04. The number of para-hydroxylation sites is 4. The van der Waals surface area contributed by atoms with Crippen molar-refractivity contribution in [2.24, 2.45) is 10.2 Å². The fraction of sp³-hybridized carbons (Fsp3) is 0.200. The topological polar surface area (TPSA) is 125 Å². The molecule has 10 heteroatoms. The van der Waals surface area contributed by atoms with E-state index < -0.39 is 0 Å². The van der Waals surface area contributed by atoms with Crippen LogP contribution in [0.2, 0.25) is 0 Å². The number of benzene rings is 2. The average molecular weight is 412 g/mol. The van der Waals surface area contributed by atoms with Crippen molar-refractivity contribution >= 4 is 35.6 Å². The SMILES string of the molecule is COc1ccccc1NCC(=O)N/N=C\C=N\NC(=O)CNc1ccccc1OC. The third kappa shape index (κ3) is 7.50. The summed E-state index contributed by atoms with van der Waals surface area (Å²) in [4.78, 5) is 23.5. The number of anilines is 2. The van der Waals surface area contributed by atoms with Crippen LogP contribution in [0.3, 0.4) is 0 Å². The number of hydrogen-bond donors (Lipinski definition) is 4. The fourth-order valence-electron chi connectivity index (χ4n) is 2.30. The second-order valence-corrected chi connectivity index (χ2v) is 5.73. The first-order valence-electron chi connectivity index (χ1n) is 9.00. The van der Waals surface area contributed by atoms with Gasteiger partial charge in [-0.3, -0.25) is 9.59 Å². The third-order valence-electron chi connectivity index (χ3n) is 3.69. The number of rotatable bonds is 11. The second kappa shape index (κ2) is 12.4. The van der Waals surface area contributed by atoms with Crippen molar-refractivity contribution in [1.29, 1.82) is 0 Å². The van der Waals surface area contributed by atoms with E-state index in [-0.39, 0.29) is 24.9 Å². The monoisotopic (exact) mass is 412 g/mol. The molecule has 0 bridgehead atoms. The van der Waals surface area contributed by atoms with Crippen molar-refractivity contribution < 1.29 is 19.1 Å². The maximum absolute atomic E-state index is 11.8. The maximum atomic E-state index is 11.8. The van der Waals surface area contributed by atoms with Crippen LogP contribution in [0.25, 0.3) is 0 Å². The lowest BCUT2D eigenvalue weighted by Crippen LogP contribution is -2.27. The van der Waals surface area contributed by atoms with Crippen LogP contribution >= 0.6 is 0 Å². The minimum absolute atomic E-state index is 0.0141. The van der Waals surface area contributed by atoms with Gasteiger partial charge in [-0.1, -0.05) is 24.3 Å². The van der Waals surface area contributed by atoms with Gasteiger partial charge in [0.1, 0.15) is 11.5 Å². The molecule has 0 atom stereocenters. The first-order chi connectivity index (χ1) is 14.6. The molecule has 0 aliphatic heterocycles. The molecule has 30 heavy (non-hydrogen) atoms. The Morgan fingerprint density at radius 1 is 0.767 bits per heavy atom. The summed E-state index contributed by atoms with van der Waals surface area (Å²) in [7, 11) is 3.11. The van der Waals surface area contributed by atoms with Crippen molar-refractivity contribution in [2.45, 2.75) is 0 Å². The highest BCUT2D eigenvalue weighted by Crippen LogP contribution is 2.23. The van der Waals surface area contributed by atoms with E-state index in [0.29, 0.717) is 22.9 Å². The summed E-state index contributed by atoms with van der Waals surface area (Å²) in [5, 5.41) is 13.3. The minimum Gasteiger partial charge on any atom is -0.495 e. The Labute approximate surface area is 174 Å². The van der Waals surface area contributed by atoms with Gasteiger partial charge in [-0.25, -0.2) is 10.9 Å². The highest BCUT2D eigenvalue weighted by molar-refractivity contribution is 6.16. The zero-order valence-corrected chi connectivity index (χ0v) is 16.7. The molecule has 0 heterocycles. The molecular formula is C20H24N6O4. The first kappa shape index (κ1) is 22.2. The van der Waals surface area contributed by atoms with E-state index in [0.717, 1.165) is 0 Å². The molecule has 2 amide bonds. The third-order valence-corrected chi connectivity index (χ3v) is 3.69. The molecule has 2 aromatic carbocycles. The molecule has 158 valence electrons. The molecule has 0 unspecified atom stereocenters. The molecular weight excluding hydrogens is 388 g/mol. The lowest BCUT2D eigenvalue weighted by atomic mass is 10.3. The summed E-state index contributed by atoms with van der Waals surface area (Å²) in [5.74, 6) is 0.569. The van der Waals surface area contributed by atoms with Gasteiger partial charge in [0.2, 0.25) is 0 Å². The Morgan fingerprint density at radius 2 is 1.17 bits per heavy atom. The number of carbonyl (C=O) groups excluding carboxylic acids is 2. The summed E-state index contributed by atoms with van der Waals surface area (Å²) in [6.45, 7) is 0.0282. The van der Waals surface area contributed by atoms with E-state index >= 15 is 0 Å². The van der Waals surface area contributed by atoms with Crippen LogP contribution in [0, 0.1) is 0 Å². The molecule has 0 aliphatic carbocycles. The summed E-state index contributed by atoms with van der Waals surface area (Å²) in [6.07, 6.45) is 2.49. The quantitative estimate of drug-likeness (QED) is 0.327. The molecule has 2 aromatic rings. The molecule has 4 N–H and O–H groups in total. The molecule has 0 saturated heterocycles. The van der Waals surface area contributed by atoms with Crippen molar-refractivity contribution in [2.75, 3.05) is 37.9 Å². The number of amides is 2. The Bertz CT molecular complexity index is 827. The number of nitrogens with one attached hydrogen (secondary N) is 4. The van der Waals surface area contributed by atoms with E-state index in [1.165, 1.54) is 12.4 Å². The van der Waals surface area contributed by atoms with Crippen molar-refractivity contribution in [3.8, 4) is 11.5 Å². The summed E-state index contributed by atoms with van der Waals surface area (Å²) in [5.41, 5.74) is 6.07. The number of carbonyl (C=O) groups is 2. The van der Waals surface area contributed by atoms with E-state index in [4.69, 9.17) is 9.47 Å². The normalized spacial score (nSPS) is 10.6. The van der Waals surface area contributed by atoms with Gasteiger partial charge in [-0.2, -0.15) is 10.2 Å². The van der Waals surface area contributed by atoms with Gasteiger partial charge in [-0.05, 0) is 24.3 Å². The van der Waals surface area contributed by atoms with Gasteiger partial charge in [0.05, 0.1) is 51.1 Å². The van der Waals surface area contributed by atoms with E-state index in [2.05, 4.69) is 31.7 Å². The van der Waals surface area contributed by atoms with Gasteiger partial charge in [0.15, 0.2) is 0 Å². The van der Waals surface area contributed by atoms with Gasteiger partial charge < -0.3 is 20.1 Å². The largest absolute Gasteiger partial charge is 0.495 e. The Balaban J connectivity index is 1.65. The predicted molar refractivity (Wildman–Crippen MR) is 116 cm³/mol. The van der Waals surface area contributed by atoms with E-state index in [1.807, 2.05) is 24.3 Å². The summed E-state index contributed by atoms with van der Waals surface area (Å²) >= 11 is 0. The van der Waals surface area contributed by atoms with Crippen LogP contribution < -0.4 is 31.0 Å². The van der Waals surface area contributed by atoms with Crippen LogP contribution in [-0.4, -0.2) is 51.6 Å². The molecule has 0 saturated carbocycles. The van der Waals surface area contributed by atoms with E-state index in [1.54, 1.807) is 38.5 Å². The number of hydrogen-bond acceptors (Lipinski definition) is 8. The Kier molecular flexibility index (Phi) is 9.18. The first-order valence-corrected chi connectivity index (χ1v) is 9.00. The van der Waals surface area contributed by atoms with Gasteiger partial charge in [0.25, 0.3) is 11.8 Å². The summed E-state index contributed by atoms with van der Waals surface area (Å²) < 4.78 is 10.4. The molecule has 0 spiro atoms. The molecule has 2 rings (SSSR count). The van der Waals surface area contributed by atoms with Crippen molar-refractivity contribution in [3.05, 3.63) is 48.5 Å². The number of ether oxygens (including phenoxy) is 2. The summed E-state index contributed by atoms with van der Waals surface area (Å²) in [6, 6.07) is 14.5. The maximum Gasteiger partial charge on any atom is 0.259 e. The zero-order chi connectivity index (χ0) is 21.6. The molecule has 0 aliphatic rings. The van der Waals surface area contributed by atoms with Crippen molar-refractivity contribution in [1.82, 2.24) is 10.9 Å². The zero-order valence-electron chi connectivity index (χ0n) is 16.7. The Morgan fingerprint density at radius 3 is 1.57 bits per heavy atom. The van der Waals surface area contributed by atoms with Crippen molar-refractivity contribution in [3.63, 3.8) is 0 Å². The smallest absolute Gasteiger partial charge is 0.259 e. The Hall–Kier alpha value is -4.08. The van der Waals surface area contributed by atoms with Gasteiger partial charge in [-0.15, -0.1) is 0 Å². The lowest BCUT2D eigenvalue weighted by Gasteiger charge is -2.09.